The van der Waals surface area contributed by atoms with E-state index in [2.05, 4.69) is 15.2 Å². The summed E-state index contributed by atoms with van der Waals surface area (Å²) in [6.07, 6.45) is 5.21. The smallest absolute Gasteiger partial charge is 0.254 e. The fraction of sp³-hybridized carbons (Fsp3) is 0.571. The Labute approximate surface area is 116 Å². The van der Waals surface area contributed by atoms with Crippen LogP contribution in [0.25, 0.3) is 0 Å². The topological polar surface area (TPSA) is 45.2 Å². The quantitative estimate of drug-likeness (QED) is 0.840. The second-order valence-electron chi connectivity index (χ2n) is 5.49. The number of pyridine rings is 1. The molecule has 108 valence electrons. The average Bonchev–Trinajstić information content (AvgIpc) is 2.89. The summed E-state index contributed by atoms with van der Waals surface area (Å²) in [5.41, 5.74) is -0.272. The van der Waals surface area contributed by atoms with E-state index < -0.39 is 17.7 Å². The first-order valence-corrected chi connectivity index (χ1v) is 7.00. The molecule has 1 aromatic heterocycles. The van der Waals surface area contributed by atoms with Crippen molar-refractivity contribution in [3.05, 3.63) is 29.6 Å². The van der Waals surface area contributed by atoms with Gasteiger partial charge in [-0.2, -0.15) is 4.39 Å². The Balaban J connectivity index is 1.65. The maximum atomic E-state index is 13.5. The van der Waals surface area contributed by atoms with Crippen molar-refractivity contribution in [2.75, 3.05) is 13.1 Å². The van der Waals surface area contributed by atoms with Gasteiger partial charge in [-0.05, 0) is 38.3 Å². The summed E-state index contributed by atoms with van der Waals surface area (Å²) in [7, 11) is 0. The lowest BCUT2D eigenvalue weighted by Gasteiger charge is -2.35. The Kier molecular flexibility index (Phi) is 3.65. The number of piperidine rings is 1. The van der Waals surface area contributed by atoms with Crippen LogP contribution in [0.4, 0.5) is 8.78 Å². The van der Waals surface area contributed by atoms with E-state index in [4.69, 9.17) is 0 Å². The number of carbonyl (C=O) groups is 1. The van der Waals surface area contributed by atoms with Crippen molar-refractivity contribution in [2.45, 2.75) is 37.8 Å². The molecule has 0 bridgehead atoms. The molecule has 0 spiro atoms. The molecular formula is C14H17F2N3O. The highest BCUT2D eigenvalue weighted by atomic mass is 19.2. The number of nitrogens with one attached hydrogen (secondary N) is 1. The van der Waals surface area contributed by atoms with Gasteiger partial charge in [0.1, 0.15) is 0 Å². The van der Waals surface area contributed by atoms with Gasteiger partial charge in [-0.3, -0.25) is 4.79 Å². The summed E-state index contributed by atoms with van der Waals surface area (Å²) in [6, 6.07) is 1.77. The van der Waals surface area contributed by atoms with Crippen LogP contribution in [0, 0.1) is 11.8 Å². The number of nitrogens with zero attached hydrogens (tertiary/aromatic N) is 2. The lowest BCUT2D eigenvalue weighted by atomic mass is 9.97. The van der Waals surface area contributed by atoms with Crippen molar-refractivity contribution in [1.82, 2.24) is 15.2 Å². The zero-order chi connectivity index (χ0) is 14.1. The summed E-state index contributed by atoms with van der Waals surface area (Å²) in [6.45, 7) is 2.10. The third-order valence-electron chi connectivity index (χ3n) is 4.25. The largest absolute Gasteiger partial charge is 0.349 e. The molecule has 6 heteroatoms. The van der Waals surface area contributed by atoms with Crippen molar-refractivity contribution < 1.29 is 13.6 Å². The van der Waals surface area contributed by atoms with E-state index in [0.29, 0.717) is 6.04 Å². The van der Waals surface area contributed by atoms with Crippen LogP contribution in [0.1, 0.15) is 36.0 Å². The van der Waals surface area contributed by atoms with Gasteiger partial charge in [0, 0.05) is 24.8 Å². The molecule has 0 saturated carbocycles. The molecule has 2 atom stereocenters. The predicted molar refractivity (Wildman–Crippen MR) is 69.2 cm³/mol. The number of halogens is 2. The Bertz CT molecular complexity index is 523. The fourth-order valence-electron chi connectivity index (χ4n) is 3.21. The summed E-state index contributed by atoms with van der Waals surface area (Å²) in [5, 5.41) is 2.82. The molecule has 1 N–H and O–H groups in total. The van der Waals surface area contributed by atoms with Crippen LogP contribution in [0.15, 0.2) is 12.3 Å². The molecule has 3 rings (SSSR count). The van der Waals surface area contributed by atoms with Gasteiger partial charge in [0.2, 0.25) is 5.95 Å². The minimum atomic E-state index is -1.23. The van der Waals surface area contributed by atoms with E-state index in [-0.39, 0.29) is 11.6 Å². The highest BCUT2D eigenvalue weighted by Gasteiger charge is 2.32. The first-order chi connectivity index (χ1) is 9.65. The van der Waals surface area contributed by atoms with Crippen LogP contribution in [0.3, 0.4) is 0 Å². The van der Waals surface area contributed by atoms with Crippen LogP contribution < -0.4 is 5.32 Å². The third-order valence-corrected chi connectivity index (χ3v) is 4.25. The molecular weight excluding hydrogens is 264 g/mol. The van der Waals surface area contributed by atoms with E-state index in [1.54, 1.807) is 0 Å². The zero-order valence-corrected chi connectivity index (χ0v) is 11.1. The Morgan fingerprint density at radius 3 is 3.05 bits per heavy atom. The molecule has 20 heavy (non-hydrogen) atoms. The van der Waals surface area contributed by atoms with E-state index >= 15 is 0 Å². The number of amides is 1. The zero-order valence-electron chi connectivity index (χ0n) is 11.1. The Morgan fingerprint density at radius 1 is 1.35 bits per heavy atom. The molecule has 1 aromatic rings. The second kappa shape index (κ2) is 5.44. The van der Waals surface area contributed by atoms with Gasteiger partial charge in [0.05, 0.1) is 5.56 Å². The van der Waals surface area contributed by atoms with E-state index in [1.165, 1.54) is 12.5 Å². The van der Waals surface area contributed by atoms with Crippen molar-refractivity contribution in [3.63, 3.8) is 0 Å². The van der Waals surface area contributed by atoms with Crippen LogP contribution in [0.5, 0.6) is 0 Å². The van der Waals surface area contributed by atoms with Gasteiger partial charge >= 0.3 is 0 Å². The van der Waals surface area contributed by atoms with Crippen LogP contribution in [0.2, 0.25) is 0 Å². The average molecular weight is 281 g/mol. The van der Waals surface area contributed by atoms with Gasteiger partial charge < -0.3 is 10.2 Å². The van der Waals surface area contributed by atoms with Gasteiger partial charge in [-0.15, -0.1) is 0 Å². The first kappa shape index (κ1) is 13.4. The molecule has 2 aliphatic rings. The van der Waals surface area contributed by atoms with Gasteiger partial charge in [0.15, 0.2) is 5.82 Å². The lowest BCUT2D eigenvalue weighted by molar-refractivity contribution is 0.0890. The van der Waals surface area contributed by atoms with Crippen molar-refractivity contribution in [2.24, 2.45) is 0 Å². The third kappa shape index (κ3) is 2.52. The molecule has 4 nitrogen and oxygen atoms in total. The molecule has 2 fully saturated rings. The predicted octanol–water partition coefficient (Wildman–Crippen LogP) is 1.72. The van der Waals surface area contributed by atoms with Gasteiger partial charge in [-0.1, -0.05) is 0 Å². The summed E-state index contributed by atoms with van der Waals surface area (Å²) in [5.74, 6) is -2.97. The summed E-state index contributed by atoms with van der Waals surface area (Å²) in [4.78, 5) is 17.6. The molecule has 0 aliphatic carbocycles. The normalized spacial score (nSPS) is 26.3. The number of hydrogen-bond acceptors (Lipinski definition) is 3. The SMILES string of the molecule is O=C(NC1CCN2CCCC2C1)c1ccnc(F)c1F. The first-order valence-electron chi connectivity index (χ1n) is 7.00. The van der Waals surface area contributed by atoms with E-state index in [9.17, 15) is 13.6 Å². The van der Waals surface area contributed by atoms with Crippen molar-refractivity contribution in [3.8, 4) is 0 Å². The highest BCUT2D eigenvalue weighted by molar-refractivity contribution is 5.94. The maximum absolute atomic E-state index is 13.5. The van der Waals surface area contributed by atoms with Crippen molar-refractivity contribution >= 4 is 5.91 Å². The molecule has 1 amide bonds. The summed E-state index contributed by atoms with van der Waals surface area (Å²) >= 11 is 0. The second-order valence-corrected chi connectivity index (χ2v) is 5.49. The van der Waals surface area contributed by atoms with Gasteiger partial charge in [0.25, 0.3) is 5.91 Å². The van der Waals surface area contributed by atoms with E-state index in [1.807, 2.05) is 0 Å². The number of aromatic nitrogens is 1. The Hall–Kier alpha value is -1.56. The van der Waals surface area contributed by atoms with Crippen LogP contribution in [-0.2, 0) is 0 Å². The summed E-state index contributed by atoms with van der Waals surface area (Å²) < 4.78 is 26.5. The molecule has 0 aromatic carbocycles. The molecule has 0 radical (unpaired) electrons. The van der Waals surface area contributed by atoms with E-state index in [0.717, 1.165) is 38.5 Å². The standard InChI is InChI=1S/C14H17F2N3O/c15-12-11(3-5-17-13(12)16)14(20)18-9-4-7-19-6-1-2-10(19)8-9/h3,5,9-10H,1-2,4,6-8H2,(H,18,20). The van der Waals surface area contributed by atoms with Crippen LogP contribution in [-0.4, -0.2) is 41.0 Å². The molecule has 2 aliphatic heterocycles. The molecule has 2 saturated heterocycles. The Morgan fingerprint density at radius 2 is 2.20 bits per heavy atom. The monoisotopic (exact) mass is 281 g/mol. The maximum Gasteiger partial charge on any atom is 0.254 e. The minimum Gasteiger partial charge on any atom is -0.349 e. The lowest BCUT2D eigenvalue weighted by Crippen LogP contribution is -2.47. The number of hydrogen-bond donors (Lipinski definition) is 1. The van der Waals surface area contributed by atoms with Crippen LogP contribution >= 0.6 is 0 Å². The fourth-order valence-corrected chi connectivity index (χ4v) is 3.21. The van der Waals surface area contributed by atoms with Crippen molar-refractivity contribution in [1.29, 1.82) is 0 Å². The van der Waals surface area contributed by atoms with Gasteiger partial charge in [-0.25, -0.2) is 9.37 Å². The molecule has 2 unspecified atom stereocenters. The number of rotatable bonds is 2. The number of fused-ring (bicyclic) bond motifs is 1. The molecule has 3 heterocycles. The minimum absolute atomic E-state index is 0.0393. The number of carbonyl (C=O) groups excluding carboxylic acids is 1. The highest BCUT2D eigenvalue weighted by Crippen LogP contribution is 2.27.